The fraction of sp³-hybridized carbons (Fsp3) is 0.318. The summed E-state index contributed by atoms with van der Waals surface area (Å²) in [4.78, 5) is 15.6. The molecule has 0 radical (unpaired) electrons. The molecule has 26 heavy (non-hydrogen) atoms. The molecule has 1 amide bonds. The van der Waals surface area contributed by atoms with Crippen LogP contribution in [0.15, 0.2) is 60.8 Å². The second-order valence-electron chi connectivity index (χ2n) is 7.17. The Labute approximate surface area is 154 Å². The number of H-pyrrole nitrogens is 1. The van der Waals surface area contributed by atoms with Gasteiger partial charge >= 0.3 is 0 Å². The molecule has 0 unspecified atom stereocenters. The maximum Gasteiger partial charge on any atom is 0.237 e. The van der Waals surface area contributed by atoms with E-state index in [4.69, 9.17) is 0 Å². The largest absolute Gasteiger partial charge is 0.361 e. The first-order valence-corrected chi connectivity index (χ1v) is 9.37. The summed E-state index contributed by atoms with van der Waals surface area (Å²) in [5.74, 6) is 0.279. The fourth-order valence-electron chi connectivity index (χ4n) is 3.42. The summed E-state index contributed by atoms with van der Waals surface area (Å²) in [6.07, 6.45) is 4.32. The summed E-state index contributed by atoms with van der Waals surface area (Å²) in [7, 11) is 0. The van der Waals surface area contributed by atoms with E-state index >= 15 is 0 Å². The Morgan fingerprint density at radius 3 is 2.62 bits per heavy atom. The van der Waals surface area contributed by atoms with Crippen molar-refractivity contribution in [2.45, 2.75) is 37.8 Å². The van der Waals surface area contributed by atoms with E-state index in [1.165, 1.54) is 16.5 Å². The average Bonchev–Trinajstić information content (AvgIpc) is 3.39. The first-order valence-electron chi connectivity index (χ1n) is 9.37. The molecular formula is C22H25N3O. The third-order valence-corrected chi connectivity index (χ3v) is 5.14. The number of para-hydroxylation sites is 1. The molecule has 0 bridgehead atoms. The molecule has 4 heteroatoms. The minimum atomic E-state index is -0.202. The van der Waals surface area contributed by atoms with Crippen LogP contribution in [0, 0.1) is 0 Å². The third kappa shape index (κ3) is 3.65. The molecule has 0 saturated heterocycles. The van der Waals surface area contributed by atoms with Crippen LogP contribution >= 0.6 is 0 Å². The zero-order valence-corrected chi connectivity index (χ0v) is 15.0. The number of hydrogen-bond acceptors (Lipinski definition) is 2. The summed E-state index contributed by atoms with van der Waals surface area (Å²) in [6.45, 7) is 2.65. The predicted octanol–water partition coefficient (Wildman–Crippen LogP) is 3.56. The molecule has 1 aliphatic carbocycles. The molecule has 1 aromatic heterocycles. The van der Waals surface area contributed by atoms with Crippen molar-refractivity contribution < 1.29 is 4.79 Å². The number of hydrogen-bond donors (Lipinski definition) is 3. The van der Waals surface area contributed by atoms with Crippen molar-refractivity contribution in [1.82, 2.24) is 15.6 Å². The van der Waals surface area contributed by atoms with E-state index in [1.54, 1.807) is 0 Å². The molecule has 0 aliphatic heterocycles. The Hall–Kier alpha value is -2.59. The SMILES string of the molecule is C[C@H](NC[C@@H](c1ccccc1)c1c[nH]c2ccccc12)C(=O)NC1CC1. The minimum Gasteiger partial charge on any atom is -0.361 e. The Morgan fingerprint density at radius 1 is 1.12 bits per heavy atom. The van der Waals surface area contributed by atoms with Crippen LogP contribution in [0.4, 0.5) is 0 Å². The van der Waals surface area contributed by atoms with Crippen LogP contribution in [0.3, 0.4) is 0 Å². The predicted molar refractivity (Wildman–Crippen MR) is 105 cm³/mol. The minimum absolute atomic E-state index is 0.0956. The number of carbonyl (C=O) groups excluding carboxylic acids is 1. The number of aromatic amines is 1. The van der Waals surface area contributed by atoms with Gasteiger partial charge in [0.05, 0.1) is 6.04 Å². The van der Waals surface area contributed by atoms with Gasteiger partial charge in [0.25, 0.3) is 0 Å². The van der Waals surface area contributed by atoms with Crippen LogP contribution in [0.25, 0.3) is 10.9 Å². The van der Waals surface area contributed by atoms with E-state index in [0.717, 1.165) is 18.4 Å². The Bertz CT molecular complexity index is 883. The number of carbonyl (C=O) groups is 1. The van der Waals surface area contributed by atoms with Gasteiger partial charge in [-0.25, -0.2) is 0 Å². The van der Waals surface area contributed by atoms with E-state index < -0.39 is 0 Å². The summed E-state index contributed by atoms with van der Waals surface area (Å²) < 4.78 is 0. The second kappa shape index (κ2) is 7.34. The van der Waals surface area contributed by atoms with Crippen LogP contribution in [0.2, 0.25) is 0 Å². The Kier molecular flexibility index (Phi) is 4.76. The second-order valence-corrected chi connectivity index (χ2v) is 7.17. The maximum atomic E-state index is 12.3. The van der Waals surface area contributed by atoms with Crippen LogP contribution < -0.4 is 10.6 Å². The maximum absolute atomic E-state index is 12.3. The summed E-state index contributed by atoms with van der Waals surface area (Å²) in [5.41, 5.74) is 3.65. The van der Waals surface area contributed by atoms with E-state index in [1.807, 2.05) is 19.1 Å². The molecule has 1 heterocycles. The van der Waals surface area contributed by atoms with Crippen LogP contribution in [-0.2, 0) is 4.79 Å². The molecule has 134 valence electrons. The lowest BCUT2D eigenvalue weighted by molar-refractivity contribution is -0.122. The molecule has 3 aromatic rings. The highest BCUT2D eigenvalue weighted by Crippen LogP contribution is 2.30. The normalized spacial score (nSPS) is 16.3. The average molecular weight is 347 g/mol. The van der Waals surface area contributed by atoms with Gasteiger partial charge in [-0.15, -0.1) is 0 Å². The van der Waals surface area contributed by atoms with Crippen molar-refractivity contribution in [1.29, 1.82) is 0 Å². The molecule has 1 saturated carbocycles. The number of fused-ring (bicyclic) bond motifs is 1. The van der Waals surface area contributed by atoms with Crippen molar-refractivity contribution in [2.75, 3.05) is 6.54 Å². The lowest BCUT2D eigenvalue weighted by atomic mass is 9.90. The monoisotopic (exact) mass is 347 g/mol. The smallest absolute Gasteiger partial charge is 0.237 e. The molecule has 2 aromatic carbocycles. The number of aromatic nitrogens is 1. The summed E-state index contributed by atoms with van der Waals surface area (Å²) in [6, 6.07) is 19.0. The topological polar surface area (TPSA) is 56.9 Å². The van der Waals surface area contributed by atoms with Gasteiger partial charge in [-0.3, -0.25) is 4.79 Å². The van der Waals surface area contributed by atoms with Crippen molar-refractivity contribution in [3.05, 3.63) is 71.9 Å². The highest BCUT2D eigenvalue weighted by Gasteiger charge is 2.26. The van der Waals surface area contributed by atoms with Gasteiger partial charge in [0.15, 0.2) is 0 Å². The van der Waals surface area contributed by atoms with E-state index in [-0.39, 0.29) is 17.9 Å². The molecule has 4 rings (SSSR count). The van der Waals surface area contributed by atoms with E-state index in [9.17, 15) is 4.79 Å². The van der Waals surface area contributed by atoms with Gasteiger partial charge in [0.2, 0.25) is 5.91 Å². The van der Waals surface area contributed by atoms with Crippen LogP contribution in [0.1, 0.15) is 36.8 Å². The van der Waals surface area contributed by atoms with Crippen molar-refractivity contribution in [3.8, 4) is 0 Å². The van der Waals surface area contributed by atoms with Gasteiger partial charge < -0.3 is 15.6 Å². The first kappa shape index (κ1) is 16.9. The highest BCUT2D eigenvalue weighted by atomic mass is 16.2. The van der Waals surface area contributed by atoms with Gasteiger partial charge in [0.1, 0.15) is 0 Å². The van der Waals surface area contributed by atoms with Crippen LogP contribution in [0.5, 0.6) is 0 Å². The molecular weight excluding hydrogens is 322 g/mol. The first-order chi connectivity index (χ1) is 12.7. The highest BCUT2D eigenvalue weighted by molar-refractivity contribution is 5.84. The lowest BCUT2D eigenvalue weighted by Crippen LogP contribution is -2.44. The summed E-state index contributed by atoms with van der Waals surface area (Å²) >= 11 is 0. The van der Waals surface area contributed by atoms with Crippen molar-refractivity contribution >= 4 is 16.8 Å². The van der Waals surface area contributed by atoms with Crippen molar-refractivity contribution in [2.24, 2.45) is 0 Å². The van der Waals surface area contributed by atoms with Crippen molar-refractivity contribution in [3.63, 3.8) is 0 Å². The molecule has 0 spiro atoms. The Morgan fingerprint density at radius 2 is 1.85 bits per heavy atom. The quantitative estimate of drug-likeness (QED) is 0.612. The standard InChI is InChI=1S/C22H25N3O/c1-15(22(26)25-17-11-12-17)23-13-19(16-7-3-2-4-8-16)20-14-24-21-10-6-5-9-18(20)21/h2-10,14-15,17,19,23-24H,11-13H2,1H3,(H,25,26)/t15-,19-/m0/s1. The molecule has 4 nitrogen and oxygen atoms in total. The van der Waals surface area contributed by atoms with Gasteiger partial charge in [0, 0.05) is 35.6 Å². The van der Waals surface area contributed by atoms with Gasteiger partial charge in [-0.1, -0.05) is 48.5 Å². The summed E-state index contributed by atoms with van der Waals surface area (Å²) in [5, 5.41) is 7.75. The zero-order chi connectivity index (χ0) is 17.9. The van der Waals surface area contributed by atoms with Gasteiger partial charge in [-0.2, -0.15) is 0 Å². The van der Waals surface area contributed by atoms with Gasteiger partial charge in [-0.05, 0) is 37.0 Å². The molecule has 1 fully saturated rings. The zero-order valence-electron chi connectivity index (χ0n) is 15.0. The molecule has 2 atom stereocenters. The number of benzene rings is 2. The Balaban J connectivity index is 1.56. The van der Waals surface area contributed by atoms with E-state index in [0.29, 0.717) is 12.6 Å². The van der Waals surface area contributed by atoms with Crippen LogP contribution in [-0.4, -0.2) is 29.5 Å². The number of amides is 1. The molecule has 3 N–H and O–H groups in total. The fourth-order valence-corrected chi connectivity index (χ4v) is 3.42. The van der Waals surface area contributed by atoms with E-state index in [2.05, 4.69) is 64.3 Å². The number of nitrogens with one attached hydrogen (secondary N) is 3. The molecule has 1 aliphatic rings. The third-order valence-electron chi connectivity index (χ3n) is 5.14. The lowest BCUT2D eigenvalue weighted by Gasteiger charge is -2.21. The number of rotatable bonds is 7.